The fourth-order valence-electron chi connectivity index (χ4n) is 2.90. The van der Waals surface area contributed by atoms with Crippen molar-refractivity contribution in [3.05, 3.63) is 30.9 Å². The number of amides is 2. The Balaban J connectivity index is 2.08. The molecule has 0 saturated carbocycles. The molecule has 1 aromatic rings. The molecule has 26 heavy (non-hydrogen) atoms. The zero-order chi connectivity index (χ0) is 19.3. The van der Waals surface area contributed by atoms with Gasteiger partial charge in [-0.1, -0.05) is 12.7 Å². The molecule has 2 atom stereocenters. The van der Waals surface area contributed by atoms with Gasteiger partial charge >= 0.3 is 6.09 Å². The Morgan fingerprint density at radius 2 is 2.23 bits per heavy atom. The molecule has 0 radical (unpaired) electrons. The van der Waals surface area contributed by atoms with E-state index in [1.165, 1.54) is 17.2 Å². The van der Waals surface area contributed by atoms with Crippen LogP contribution in [0.5, 0.6) is 0 Å². The second-order valence-corrected chi connectivity index (χ2v) is 7.53. The van der Waals surface area contributed by atoms with Crippen molar-refractivity contribution in [2.45, 2.75) is 31.5 Å². The summed E-state index contributed by atoms with van der Waals surface area (Å²) in [6.07, 6.45) is 5.03. The van der Waals surface area contributed by atoms with Crippen molar-refractivity contribution in [1.82, 2.24) is 14.5 Å². The number of imidazole rings is 1. The lowest BCUT2D eigenvalue weighted by Crippen LogP contribution is -2.37. The number of aryl methyl sites for hydroxylation is 1. The fourth-order valence-corrected chi connectivity index (χ4v) is 3.54. The lowest BCUT2D eigenvalue weighted by molar-refractivity contribution is 0.0975. The molecule has 0 unspecified atom stereocenters. The zero-order valence-electron chi connectivity index (χ0n) is 14.4. The summed E-state index contributed by atoms with van der Waals surface area (Å²) in [5.74, 6) is -0.533. The van der Waals surface area contributed by atoms with E-state index < -0.39 is 28.2 Å². The van der Waals surface area contributed by atoms with Crippen LogP contribution in [0.15, 0.2) is 25.0 Å². The molecule has 0 spiro atoms. The fraction of sp³-hybridized carbons (Fsp3) is 0.533. The molecule has 2 heterocycles. The van der Waals surface area contributed by atoms with Gasteiger partial charge in [-0.2, -0.15) is 8.42 Å². The Hall–Kier alpha value is -2.40. The monoisotopic (exact) mass is 386 g/mol. The van der Waals surface area contributed by atoms with Gasteiger partial charge in [-0.05, 0) is 12.8 Å². The molecule has 0 aromatic carbocycles. The molecule has 1 aliphatic rings. The maximum Gasteiger partial charge on any atom is 0.410 e. The summed E-state index contributed by atoms with van der Waals surface area (Å²) in [7, 11) is -3.64. The normalized spacial score (nSPS) is 20.1. The van der Waals surface area contributed by atoms with Gasteiger partial charge in [0, 0.05) is 25.0 Å². The van der Waals surface area contributed by atoms with Crippen LogP contribution in [0.25, 0.3) is 0 Å². The molecule has 1 fully saturated rings. The molecule has 144 valence electrons. The number of hydrogen-bond acceptors (Lipinski definition) is 7. The largest absolute Gasteiger partial charge is 0.445 e. The number of primary amides is 1. The van der Waals surface area contributed by atoms with E-state index in [1.807, 2.05) is 0 Å². The highest BCUT2D eigenvalue weighted by molar-refractivity contribution is 7.86. The number of ether oxygens (including phenoxy) is 1. The van der Waals surface area contributed by atoms with Gasteiger partial charge in [0.1, 0.15) is 6.61 Å². The number of nitrogens with zero attached hydrogens (tertiary/aromatic N) is 3. The molecule has 2 N–H and O–H groups in total. The van der Waals surface area contributed by atoms with Gasteiger partial charge in [-0.3, -0.25) is 8.98 Å². The van der Waals surface area contributed by atoms with Gasteiger partial charge in [-0.25, -0.2) is 9.78 Å². The van der Waals surface area contributed by atoms with Gasteiger partial charge in [0.2, 0.25) is 0 Å². The SMILES string of the molecule is C=CCOC(=O)N1C[C@H](OS(C)(=O)=O)C[C@H]1CCn1ccnc1C(N)=O. The first-order valence-electron chi connectivity index (χ1n) is 7.94. The molecule has 2 rings (SSSR count). The first-order valence-corrected chi connectivity index (χ1v) is 9.76. The molecule has 1 aromatic heterocycles. The van der Waals surface area contributed by atoms with E-state index in [4.69, 9.17) is 14.7 Å². The molecule has 10 nitrogen and oxygen atoms in total. The Morgan fingerprint density at radius 3 is 2.85 bits per heavy atom. The first-order chi connectivity index (χ1) is 12.2. The summed E-state index contributed by atoms with van der Waals surface area (Å²) >= 11 is 0. The minimum atomic E-state index is -3.64. The number of likely N-dealkylation sites (tertiary alicyclic amines) is 1. The third-order valence-electron chi connectivity index (χ3n) is 3.89. The van der Waals surface area contributed by atoms with E-state index in [-0.39, 0.29) is 25.0 Å². The van der Waals surface area contributed by atoms with Gasteiger partial charge in [-0.15, -0.1) is 0 Å². The Labute approximate surface area is 151 Å². The van der Waals surface area contributed by atoms with Gasteiger partial charge in [0.15, 0.2) is 5.82 Å². The molecule has 1 saturated heterocycles. The predicted octanol–water partition coefficient (Wildman–Crippen LogP) is 0.114. The molecular formula is C15H22N4O6S. The number of nitrogens with two attached hydrogens (primary N) is 1. The van der Waals surface area contributed by atoms with Crippen LogP contribution in [0.4, 0.5) is 4.79 Å². The van der Waals surface area contributed by atoms with Crippen molar-refractivity contribution in [2.75, 3.05) is 19.4 Å². The van der Waals surface area contributed by atoms with Crippen LogP contribution in [0.1, 0.15) is 23.5 Å². The van der Waals surface area contributed by atoms with Crippen LogP contribution in [0, 0.1) is 0 Å². The summed E-state index contributed by atoms with van der Waals surface area (Å²) in [5, 5.41) is 0. The summed E-state index contributed by atoms with van der Waals surface area (Å²) in [4.78, 5) is 28.9. The first kappa shape index (κ1) is 19.9. The summed E-state index contributed by atoms with van der Waals surface area (Å²) in [6, 6.07) is -0.317. The van der Waals surface area contributed by atoms with Crippen molar-refractivity contribution in [1.29, 1.82) is 0 Å². The smallest absolute Gasteiger partial charge is 0.410 e. The second kappa shape index (κ2) is 8.32. The number of aromatic nitrogens is 2. The predicted molar refractivity (Wildman–Crippen MR) is 91.7 cm³/mol. The highest BCUT2D eigenvalue weighted by Crippen LogP contribution is 2.25. The van der Waals surface area contributed by atoms with E-state index in [0.29, 0.717) is 19.4 Å². The number of hydrogen-bond donors (Lipinski definition) is 1. The minimum absolute atomic E-state index is 0.0486. The van der Waals surface area contributed by atoms with E-state index in [2.05, 4.69) is 11.6 Å². The van der Waals surface area contributed by atoms with E-state index in [0.717, 1.165) is 6.26 Å². The van der Waals surface area contributed by atoms with Crippen LogP contribution in [0.3, 0.4) is 0 Å². The molecule has 1 aliphatic heterocycles. The van der Waals surface area contributed by atoms with E-state index in [1.54, 1.807) is 10.8 Å². The van der Waals surface area contributed by atoms with Crippen LogP contribution >= 0.6 is 0 Å². The average Bonchev–Trinajstić information content (AvgIpc) is 3.15. The summed E-state index contributed by atoms with van der Waals surface area (Å²) < 4.78 is 34.4. The molecule has 0 aliphatic carbocycles. The van der Waals surface area contributed by atoms with Gasteiger partial charge < -0.3 is 19.9 Å². The Kier molecular flexibility index (Phi) is 6.37. The third kappa shape index (κ3) is 5.30. The molecule has 0 bridgehead atoms. The highest BCUT2D eigenvalue weighted by atomic mass is 32.2. The van der Waals surface area contributed by atoms with Gasteiger partial charge in [0.25, 0.3) is 16.0 Å². The van der Waals surface area contributed by atoms with Crippen molar-refractivity contribution >= 4 is 22.1 Å². The maximum absolute atomic E-state index is 12.2. The number of carbonyl (C=O) groups is 2. The molecule has 11 heteroatoms. The van der Waals surface area contributed by atoms with Crippen LogP contribution in [-0.2, 0) is 25.6 Å². The number of carbonyl (C=O) groups excluding carboxylic acids is 2. The quantitative estimate of drug-likeness (QED) is 0.495. The Bertz CT molecular complexity index is 775. The van der Waals surface area contributed by atoms with E-state index in [9.17, 15) is 18.0 Å². The van der Waals surface area contributed by atoms with Crippen molar-refractivity contribution in [2.24, 2.45) is 5.73 Å². The summed E-state index contributed by atoms with van der Waals surface area (Å²) in [6.45, 7) is 4.01. The van der Waals surface area contributed by atoms with Crippen LogP contribution < -0.4 is 5.73 Å². The standard InChI is InChI=1S/C15H22N4O6S/c1-3-8-24-15(21)19-10-12(25-26(2,22)23)9-11(19)4-6-18-7-5-17-14(18)13(16)20/h3,5,7,11-12H,1,4,6,8-10H2,2H3,(H2,16,20)/t11-,12-/m1/s1. The van der Waals surface area contributed by atoms with Crippen molar-refractivity contribution < 1.29 is 26.9 Å². The average molecular weight is 386 g/mol. The topological polar surface area (TPSA) is 134 Å². The number of rotatable bonds is 8. The minimum Gasteiger partial charge on any atom is -0.445 e. The van der Waals surface area contributed by atoms with Crippen molar-refractivity contribution in [3.63, 3.8) is 0 Å². The maximum atomic E-state index is 12.2. The van der Waals surface area contributed by atoms with E-state index >= 15 is 0 Å². The van der Waals surface area contributed by atoms with Gasteiger partial charge in [0.05, 0.1) is 18.9 Å². The molecular weight excluding hydrogens is 364 g/mol. The second-order valence-electron chi connectivity index (χ2n) is 5.93. The highest BCUT2D eigenvalue weighted by Gasteiger charge is 2.38. The lowest BCUT2D eigenvalue weighted by atomic mass is 10.1. The zero-order valence-corrected chi connectivity index (χ0v) is 15.2. The third-order valence-corrected chi connectivity index (χ3v) is 4.51. The molecule has 2 amide bonds. The Morgan fingerprint density at radius 1 is 1.50 bits per heavy atom. The lowest BCUT2D eigenvalue weighted by Gasteiger charge is -2.23. The van der Waals surface area contributed by atoms with Crippen LogP contribution in [-0.4, -0.2) is 66.4 Å². The summed E-state index contributed by atoms with van der Waals surface area (Å²) in [5.41, 5.74) is 5.26. The van der Waals surface area contributed by atoms with Crippen LogP contribution in [0.2, 0.25) is 0 Å². The van der Waals surface area contributed by atoms with Crippen molar-refractivity contribution in [3.8, 4) is 0 Å².